The zero-order chi connectivity index (χ0) is 16.5. The molecule has 2 heterocycles. The minimum Gasteiger partial charge on any atom is -0.495 e. The molecule has 1 aromatic carbocycles. The number of morpholine rings is 1. The number of hydrogen-bond donors (Lipinski definition) is 0. The van der Waals surface area contributed by atoms with Crippen molar-refractivity contribution in [1.29, 1.82) is 0 Å². The molecule has 0 saturated carbocycles. The molecule has 2 aliphatic rings. The van der Waals surface area contributed by atoms with Crippen LogP contribution in [0.15, 0.2) is 23.1 Å². The van der Waals surface area contributed by atoms with Crippen LogP contribution in [-0.4, -0.2) is 65.5 Å². The number of methoxy groups -OCH3 is 2. The Morgan fingerprint density at radius 1 is 1.09 bits per heavy atom. The number of rotatable bonds is 4. The van der Waals surface area contributed by atoms with Gasteiger partial charge in [-0.3, -0.25) is 0 Å². The molecule has 1 aromatic rings. The van der Waals surface area contributed by atoms with Gasteiger partial charge >= 0.3 is 0 Å². The van der Waals surface area contributed by atoms with Crippen LogP contribution in [0.4, 0.5) is 0 Å². The van der Waals surface area contributed by atoms with Crippen LogP contribution in [0.1, 0.15) is 6.42 Å². The second-order valence-electron chi connectivity index (χ2n) is 5.65. The molecule has 0 N–H and O–H groups in total. The molecule has 0 amide bonds. The molecular weight excluding hydrogens is 322 g/mol. The van der Waals surface area contributed by atoms with E-state index in [1.807, 2.05) is 0 Å². The summed E-state index contributed by atoms with van der Waals surface area (Å²) in [4.78, 5) is 0.0539. The van der Waals surface area contributed by atoms with Crippen LogP contribution in [0.25, 0.3) is 0 Å². The second-order valence-corrected chi connectivity index (χ2v) is 7.45. The van der Waals surface area contributed by atoms with E-state index in [9.17, 15) is 8.42 Å². The van der Waals surface area contributed by atoms with Gasteiger partial charge in [-0.1, -0.05) is 6.07 Å². The van der Waals surface area contributed by atoms with E-state index in [1.54, 1.807) is 18.2 Å². The van der Waals surface area contributed by atoms with Gasteiger partial charge in [-0.25, -0.2) is 8.42 Å². The third kappa shape index (κ3) is 2.69. The summed E-state index contributed by atoms with van der Waals surface area (Å²) in [5.41, 5.74) is -0.650. The first-order valence-electron chi connectivity index (χ1n) is 7.44. The van der Waals surface area contributed by atoms with Gasteiger partial charge < -0.3 is 18.9 Å². The molecule has 8 heteroatoms. The summed E-state index contributed by atoms with van der Waals surface area (Å²) >= 11 is 0. The Kier molecular flexibility index (Phi) is 4.50. The molecular formula is C15H21NO6S. The maximum atomic E-state index is 13.4. The summed E-state index contributed by atoms with van der Waals surface area (Å²) in [7, 11) is -0.924. The zero-order valence-electron chi connectivity index (χ0n) is 13.3. The highest BCUT2D eigenvalue weighted by Crippen LogP contribution is 2.40. The van der Waals surface area contributed by atoms with Crippen molar-refractivity contribution in [3.63, 3.8) is 0 Å². The topological polar surface area (TPSA) is 74.3 Å². The highest BCUT2D eigenvalue weighted by molar-refractivity contribution is 7.89. The van der Waals surface area contributed by atoms with E-state index in [0.717, 1.165) is 0 Å². The van der Waals surface area contributed by atoms with Crippen molar-refractivity contribution in [2.24, 2.45) is 0 Å². The average Bonchev–Trinajstić information content (AvgIpc) is 3.02. The van der Waals surface area contributed by atoms with Crippen LogP contribution in [-0.2, 0) is 19.5 Å². The summed E-state index contributed by atoms with van der Waals surface area (Å²) in [5.74, 6) is 0.537. The maximum absolute atomic E-state index is 13.4. The molecule has 1 atom stereocenters. The third-order valence-corrected chi connectivity index (χ3v) is 6.42. The van der Waals surface area contributed by atoms with Gasteiger partial charge in [-0.05, 0) is 18.6 Å². The quantitative estimate of drug-likeness (QED) is 0.808. The van der Waals surface area contributed by atoms with Crippen molar-refractivity contribution in [3.05, 3.63) is 18.2 Å². The van der Waals surface area contributed by atoms with E-state index in [4.69, 9.17) is 18.9 Å². The molecule has 0 aromatic heterocycles. The first-order valence-corrected chi connectivity index (χ1v) is 8.88. The Morgan fingerprint density at radius 2 is 1.70 bits per heavy atom. The van der Waals surface area contributed by atoms with Gasteiger partial charge in [-0.15, -0.1) is 0 Å². The van der Waals surface area contributed by atoms with Crippen LogP contribution >= 0.6 is 0 Å². The highest BCUT2D eigenvalue weighted by atomic mass is 32.2. The normalized spacial score (nSPS) is 25.7. The van der Waals surface area contributed by atoms with Gasteiger partial charge in [0.05, 0.1) is 39.6 Å². The van der Waals surface area contributed by atoms with Gasteiger partial charge in [0.2, 0.25) is 0 Å². The number of nitrogens with zero attached hydrogens (tertiary/aromatic N) is 1. The Balaban J connectivity index is 2.11. The van der Waals surface area contributed by atoms with Crippen LogP contribution in [0.3, 0.4) is 0 Å². The standard InChI is InChI=1S/C15H21NO6S/c1-19-12-4-3-5-13(20-2)14(12)23(17,18)16-7-9-22-11-15(16)6-8-21-10-15/h3-5H,6-11H2,1-2H3. The van der Waals surface area contributed by atoms with E-state index in [1.165, 1.54) is 18.5 Å². The van der Waals surface area contributed by atoms with Gasteiger partial charge in [0.1, 0.15) is 11.5 Å². The fourth-order valence-corrected chi connectivity index (χ4v) is 5.24. The van der Waals surface area contributed by atoms with Crippen LogP contribution in [0, 0.1) is 0 Å². The molecule has 3 rings (SSSR count). The molecule has 128 valence electrons. The fourth-order valence-electron chi connectivity index (χ4n) is 3.18. The predicted octanol–water partition coefficient (Wildman–Crippen LogP) is 0.884. The van der Waals surface area contributed by atoms with Crippen molar-refractivity contribution < 1.29 is 27.4 Å². The smallest absolute Gasteiger partial charge is 0.251 e. The minimum absolute atomic E-state index is 0.0539. The molecule has 2 aliphatic heterocycles. The fraction of sp³-hybridized carbons (Fsp3) is 0.600. The first-order chi connectivity index (χ1) is 11.0. The molecule has 0 bridgehead atoms. The molecule has 1 spiro atoms. The number of ether oxygens (including phenoxy) is 4. The monoisotopic (exact) mass is 343 g/mol. The van der Waals surface area contributed by atoms with Crippen molar-refractivity contribution >= 4 is 10.0 Å². The first kappa shape index (κ1) is 16.5. The van der Waals surface area contributed by atoms with Crippen molar-refractivity contribution in [2.75, 3.05) is 47.2 Å². The largest absolute Gasteiger partial charge is 0.495 e. The zero-order valence-corrected chi connectivity index (χ0v) is 14.1. The maximum Gasteiger partial charge on any atom is 0.251 e. The SMILES string of the molecule is COc1cccc(OC)c1S(=O)(=O)N1CCOCC12CCOC2. The van der Waals surface area contributed by atoms with Crippen LogP contribution < -0.4 is 9.47 Å². The predicted molar refractivity (Wildman–Crippen MR) is 82.4 cm³/mol. The second kappa shape index (κ2) is 6.27. The Morgan fingerprint density at radius 3 is 2.22 bits per heavy atom. The molecule has 23 heavy (non-hydrogen) atoms. The molecule has 2 saturated heterocycles. The summed E-state index contributed by atoms with van der Waals surface area (Å²) < 4.78 is 49.8. The molecule has 0 radical (unpaired) electrons. The van der Waals surface area contributed by atoms with Crippen molar-refractivity contribution in [3.8, 4) is 11.5 Å². The molecule has 1 unspecified atom stereocenters. The average molecular weight is 343 g/mol. The van der Waals surface area contributed by atoms with E-state index < -0.39 is 15.6 Å². The van der Waals surface area contributed by atoms with E-state index >= 15 is 0 Å². The van der Waals surface area contributed by atoms with Crippen LogP contribution in [0.5, 0.6) is 11.5 Å². The van der Waals surface area contributed by atoms with Gasteiger partial charge in [0, 0.05) is 13.2 Å². The lowest BCUT2D eigenvalue weighted by molar-refractivity contribution is -0.0294. The lowest BCUT2D eigenvalue weighted by Crippen LogP contribution is -2.59. The number of benzene rings is 1. The van der Waals surface area contributed by atoms with Crippen molar-refractivity contribution in [1.82, 2.24) is 4.31 Å². The van der Waals surface area contributed by atoms with E-state index in [2.05, 4.69) is 0 Å². The Bertz CT molecular complexity index is 646. The number of hydrogen-bond acceptors (Lipinski definition) is 6. The van der Waals surface area contributed by atoms with E-state index in [-0.39, 0.29) is 22.9 Å². The Labute approximate surface area is 136 Å². The molecule has 0 aliphatic carbocycles. The van der Waals surface area contributed by atoms with E-state index in [0.29, 0.717) is 32.8 Å². The summed E-state index contributed by atoms with van der Waals surface area (Å²) in [6.45, 7) is 1.84. The van der Waals surface area contributed by atoms with Gasteiger partial charge in [0.25, 0.3) is 10.0 Å². The lowest BCUT2D eigenvalue weighted by atomic mass is 9.99. The molecule has 2 fully saturated rings. The summed E-state index contributed by atoms with van der Waals surface area (Å²) in [6, 6.07) is 4.94. The minimum atomic E-state index is -3.82. The van der Waals surface area contributed by atoms with Crippen LogP contribution in [0.2, 0.25) is 0 Å². The third-order valence-electron chi connectivity index (χ3n) is 4.35. The summed E-state index contributed by atoms with van der Waals surface area (Å²) in [6.07, 6.45) is 0.615. The summed E-state index contributed by atoms with van der Waals surface area (Å²) in [5, 5.41) is 0. The Hall–Kier alpha value is -1.35. The van der Waals surface area contributed by atoms with Gasteiger partial charge in [0.15, 0.2) is 4.90 Å². The van der Waals surface area contributed by atoms with Gasteiger partial charge in [-0.2, -0.15) is 4.31 Å². The molecule has 7 nitrogen and oxygen atoms in total. The number of sulfonamides is 1. The van der Waals surface area contributed by atoms with Crippen molar-refractivity contribution in [2.45, 2.75) is 16.9 Å². The lowest BCUT2D eigenvalue weighted by Gasteiger charge is -2.42. The highest BCUT2D eigenvalue weighted by Gasteiger charge is 2.50.